The summed E-state index contributed by atoms with van der Waals surface area (Å²) < 4.78 is 29.6. The fourth-order valence-corrected chi connectivity index (χ4v) is 6.30. The Morgan fingerprint density at radius 3 is 2.25 bits per heavy atom. The van der Waals surface area contributed by atoms with Crippen molar-refractivity contribution in [3.63, 3.8) is 0 Å². The third-order valence-electron chi connectivity index (χ3n) is 7.09. The van der Waals surface area contributed by atoms with Gasteiger partial charge in [0.1, 0.15) is 0 Å². The number of nitrogens with zero attached hydrogens (tertiary/aromatic N) is 1. The number of benzene rings is 3. The largest absolute Gasteiger partial charge is 0.339 e. The van der Waals surface area contributed by atoms with E-state index in [0.29, 0.717) is 47.2 Å². The van der Waals surface area contributed by atoms with E-state index in [-0.39, 0.29) is 39.3 Å². The van der Waals surface area contributed by atoms with Crippen LogP contribution in [-0.4, -0.2) is 38.2 Å². The van der Waals surface area contributed by atoms with Crippen LogP contribution in [0.25, 0.3) is 0 Å². The molecule has 2 N–H and O–H groups in total. The zero-order valence-electron chi connectivity index (χ0n) is 22.9. The zero-order chi connectivity index (χ0) is 29.2. The van der Waals surface area contributed by atoms with Crippen molar-refractivity contribution in [2.75, 3.05) is 23.1 Å². The van der Waals surface area contributed by atoms with Crippen LogP contribution >= 0.6 is 23.2 Å². The number of piperidine rings is 1. The first-order valence-corrected chi connectivity index (χ1v) is 15.3. The van der Waals surface area contributed by atoms with Gasteiger partial charge in [-0.15, -0.1) is 0 Å². The molecule has 40 heavy (non-hydrogen) atoms. The Labute approximate surface area is 245 Å². The molecule has 3 aromatic carbocycles. The quantitative estimate of drug-likeness (QED) is 0.321. The SMILES string of the molecule is Cc1ccc(C(C)(C)C)cc1S(=O)(=O)Nc1ccccc1C(=O)N1CCC(C(=O)Nc2ccc(Cl)c(Cl)c2)CC1. The molecule has 1 aliphatic heterocycles. The topological polar surface area (TPSA) is 95.6 Å². The number of sulfonamides is 1. The molecule has 1 fully saturated rings. The van der Waals surface area contributed by atoms with Crippen molar-refractivity contribution in [1.29, 1.82) is 0 Å². The highest BCUT2D eigenvalue weighted by molar-refractivity contribution is 7.92. The minimum Gasteiger partial charge on any atom is -0.339 e. The van der Waals surface area contributed by atoms with Crippen LogP contribution in [0, 0.1) is 12.8 Å². The van der Waals surface area contributed by atoms with Crippen molar-refractivity contribution in [3.05, 3.63) is 87.4 Å². The molecule has 0 saturated carbocycles. The van der Waals surface area contributed by atoms with Gasteiger partial charge in [-0.05, 0) is 72.7 Å². The molecular weight excluding hydrogens is 569 g/mol. The first kappa shape index (κ1) is 29.9. The molecule has 0 spiro atoms. The summed E-state index contributed by atoms with van der Waals surface area (Å²) in [5.41, 5.74) is 2.32. The Bertz CT molecular complexity index is 1540. The lowest BCUT2D eigenvalue weighted by atomic mass is 9.87. The second kappa shape index (κ2) is 11.8. The van der Waals surface area contributed by atoms with Crippen molar-refractivity contribution < 1.29 is 18.0 Å². The van der Waals surface area contributed by atoms with Gasteiger partial charge in [0.25, 0.3) is 15.9 Å². The fourth-order valence-electron chi connectivity index (χ4n) is 4.65. The van der Waals surface area contributed by atoms with Crippen LogP contribution in [0.15, 0.2) is 65.6 Å². The molecule has 4 rings (SSSR count). The maximum atomic E-state index is 13.5. The van der Waals surface area contributed by atoms with Crippen LogP contribution in [0.3, 0.4) is 0 Å². The summed E-state index contributed by atoms with van der Waals surface area (Å²) in [6, 6.07) is 16.9. The zero-order valence-corrected chi connectivity index (χ0v) is 25.3. The average molecular weight is 603 g/mol. The molecule has 2 amide bonds. The average Bonchev–Trinajstić information content (AvgIpc) is 2.90. The molecule has 0 aliphatic carbocycles. The maximum absolute atomic E-state index is 13.5. The van der Waals surface area contributed by atoms with Crippen LogP contribution in [0.1, 0.15) is 55.1 Å². The molecule has 1 heterocycles. The first-order valence-electron chi connectivity index (χ1n) is 13.0. The van der Waals surface area contributed by atoms with E-state index in [9.17, 15) is 18.0 Å². The van der Waals surface area contributed by atoms with Gasteiger partial charge < -0.3 is 10.2 Å². The minimum absolute atomic E-state index is 0.147. The Kier molecular flexibility index (Phi) is 8.83. The highest BCUT2D eigenvalue weighted by atomic mass is 35.5. The van der Waals surface area contributed by atoms with Crippen molar-refractivity contribution in [2.24, 2.45) is 5.92 Å². The van der Waals surface area contributed by atoms with E-state index in [2.05, 4.69) is 10.0 Å². The number of rotatable bonds is 6. The summed E-state index contributed by atoms with van der Waals surface area (Å²) in [6.07, 6.45) is 0.956. The van der Waals surface area contributed by atoms with E-state index in [1.807, 2.05) is 26.8 Å². The second-order valence-electron chi connectivity index (χ2n) is 11.1. The number of nitrogens with one attached hydrogen (secondary N) is 2. The van der Waals surface area contributed by atoms with E-state index in [4.69, 9.17) is 23.2 Å². The lowest BCUT2D eigenvalue weighted by Crippen LogP contribution is -2.41. The number of aryl methyl sites for hydroxylation is 1. The number of anilines is 2. The van der Waals surface area contributed by atoms with Gasteiger partial charge in [0.15, 0.2) is 0 Å². The number of halogens is 2. The van der Waals surface area contributed by atoms with Gasteiger partial charge in [-0.25, -0.2) is 8.42 Å². The Hall–Kier alpha value is -3.07. The van der Waals surface area contributed by atoms with E-state index < -0.39 is 10.0 Å². The molecule has 0 unspecified atom stereocenters. The van der Waals surface area contributed by atoms with E-state index in [1.54, 1.807) is 66.4 Å². The Morgan fingerprint density at radius 1 is 0.925 bits per heavy atom. The molecule has 1 aliphatic rings. The lowest BCUT2D eigenvalue weighted by molar-refractivity contribution is -0.121. The molecule has 212 valence electrons. The number of carbonyl (C=O) groups excluding carboxylic acids is 2. The number of hydrogen-bond donors (Lipinski definition) is 2. The lowest BCUT2D eigenvalue weighted by Gasteiger charge is -2.32. The van der Waals surface area contributed by atoms with E-state index in [1.165, 1.54) is 0 Å². The number of hydrogen-bond acceptors (Lipinski definition) is 4. The minimum atomic E-state index is -3.96. The Morgan fingerprint density at radius 2 is 1.60 bits per heavy atom. The van der Waals surface area contributed by atoms with E-state index in [0.717, 1.165) is 5.56 Å². The van der Waals surface area contributed by atoms with Crippen molar-refractivity contribution >= 4 is 56.4 Å². The second-order valence-corrected chi connectivity index (χ2v) is 13.5. The monoisotopic (exact) mass is 601 g/mol. The molecule has 1 saturated heterocycles. The third-order valence-corrected chi connectivity index (χ3v) is 9.33. The highest BCUT2D eigenvalue weighted by Crippen LogP contribution is 2.30. The summed E-state index contributed by atoms with van der Waals surface area (Å²) in [6.45, 7) is 8.55. The highest BCUT2D eigenvalue weighted by Gasteiger charge is 2.30. The van der Waals surface area contributed by atoms with Crippen molar-refractivity contribution in [1.82, 2.24) is 4.90 Å². The van der Waals surface area contributed by atoms with E-state index >= 15 is 0 Å². The van der Waals surface area contributed by atoms with Crippen LogP contribution in [0.2, 0.25) is 10.0 Å². The smallest absolute Gasteiger partial charge is 0.262 e. The normalized spacial score (nSPS) is 14.6. The molecule has 0 atom stereocenters. The summed E-state index contributed by atoms with van der Waals surface area (Å²) >= 11 is 12.0. The molecule has 10 heteroatoms. The predicted molar refractivity (Wildman–Crippen MR) is 161 cm³/mol. The molecule has 3 aromatic rings. The van der Waals surface area contributed by atoms with Crippen molar-refractivity contribution in [3.8, 4) is 0 Å². The molecular formula is C30H33Cl2N3O4S. The van der Waals surface area contributed by atoms with Gasteiger partial charge in [-0.2, -0.15) is 0 Å². The Balaban J connectivity index is 1.46. The molecule has 7 nitrogen and oxygen atoms in total. The van der Waals surface area contributed by atoms with Crippen LogP contribution < -0.4 is 10.0 Å². The first-order chi connectivity index (χ1) is 18.8. The third kappa shape index (κ3) is 6.79. The maximum Gasteiger partial charge on any atom is 0.262 e. The molecule has 0 radical (unpaired) electrons. The van der Waals surface area contributed by atoms with Gasteiger partial charge in [0.2, 0.25) is 5.91 Å². The number of carbonyl (C=O) groups is 2. The van der Waals surface area contributed by atoms with Crippen molar-refractivity contribution in [2.45, 2.75) is 50.8 Å². The van der Waals surface area contributed by atoms with Gasteiger partial charge in [0, 0.05) is 24.7 Å². The van der Waals surface area contributed by atoms with Crippen LogP contribution in [0.4, 0.5) is 11.4 Å². The molecule has 0 aromatic heterocycles. The number of likely N-dealkylation sites (tertiary alicyclic amines) is 1. The summed E-state index contributed by atoms with van der Waals surface area (Å²) in [5.74, 6) is -0.710. The number of amides is 2. The van der Waals surface area contributed by atoms with Crippen LogP contribution in [0.5, 0.6) is 0 Å². The summed E-state index contributed by atoms with van der Waals surface area (Å²) in [7, 11) is -3.96. The number of para-hydroxylation sites is 1. The predicted octanol–water partition coefficient (Wildman–Crippen LogP) is 6.89. The summed E-state index contributed by atoms with van der Waals surface area (Å²) in [5, 5.41) is 3.62. The van der Waals surface area contributed by atoms with Gasteiger partial charge in [-0.3, -0.25) is 14.3 Å². The fraction of sp³-hybridized carbons (Fsp3) is 0.333. The standard InChI is InChI=1S/C30H33Cl2N3O4S/c1-19-9-10-21(30(2,3)4)17-27(19)40(38,39)34-26-8-6-5-7-23(26)29(37)35-15-13-20(14-16-35)28(36)33-22-11-12-24(31)25(32)18-22/h5-12,17-18,20,34H,13-16H2,1-4H3,(H,33,36). The van der Waals surface area contributed by atoms with Gasteiger partial charge in [-0.1, -0.05) is 68.2 Å². The summed E-state index contributed by atoms with van der Waals surface area (Å²) in [4.78, 5) is 28.1. The van der Waals surface area contributed by atoms with Gasteiger partial charge >= 0.3 is 0 Å². The molecule has 0 bridgehead atoms. The van der Waals surface area contributed by atoms with Gasteiger partial charge in [0.05, 0.1) is 26.2 Å². The van der Waals surface area contributed by atoms with Crippen LogP contribution in [-0.2, 0) is 20.2 Å².